The van der Waals surface area contributed by atoms with Crippen LogP contribution in [0.4, 0.5) is 0 Å². The highest BCUT2D eigenvalue weighted by molar-refractivity contribution is 5.66. The Balaban J connectivity index is 1.93. The molecule has 2 aliphatic rings. The van der Waals surface area contributed by atoms with Crippen LogP contribution in [0.15, 0.2) is 42.1 Å². The van der Waals surface area contributed by atoms with Gasteiger partial charge < -0.3 is 5.11 Å². The quantitative estimate of drug-likeness (QED) is 0.808. The second-order valence-corrected chi connectivity index (χ2v) is 7.58. The average molecular weight is 333 g/mol. The number of hydrogen-bond donors (Lipinski definition) is 1. The first kappa shape index (κ1) is 16.1. The van der Waals surface area contributed by atoms with Gasteiger partial charge in [0.2, 0.25) is 0 Å². The topological polar surface area (TPSA) is 42.4 Å². The van der Waals surface area contributed by atoms with Crippen LogP contribution in [-0.4, -0.2) is 21.0 Å². The van der Waals surface area contributed by atoms with Crippen LogP contribution in [0.2, 0.25) is 0 Å². The van der Waals surface area contributed by atoms with E-state index < -0.39 is 6.10 Å². The van der Waals surface area contributed by atoms with Crippen molar-refractivity contribution in [2.45, 2.75) is 38.2 Å². The Kier molecular flexibility index (Phi) is 3.59. The highest BCUT2D eigenvalue weighted by atomic mass is 16.3. The van der Waals surface area contributed by atoms with E-state index in [1.165, 1.54) is 16.8 Å². The summed E-state index contributed by atoms with van der Waals surface area (Å²) in [6.07, 6.45) is 3.30. The summed E-state index contributed by atoms with van der Waals surface area (Å²) in [6.45, 7) is 11.7. The molecule has 1 aromatic heterocycles. The normalized spacial score (nSPS) is 30.8. The van der Waals surface area contributed by atoms with Crippen molar-refractivity contribution in [2.75, 3.05) is 0 Å². The van der Waals surface area contributed by atoms with E-state index in [0.717, 1.165) is 18.5 Å². The van der Waals surface area contributed by atoms with E-state index in [2.05, 4.69) is 43.0 Å². The maximum absolute atomic E-state index is 10.5. The minimum Gasteiger partial charge on any atom is -0.399 e. The second-order valence-electron chi connectivity index (χ2n) is 7.58. The fourth-order valence-electron chi connectivity index (χ4n) is 4.93. The predicted octanol–water partition coefficient (Wildman–Crippen LogP) is 3.72. The zero-order valence-electron chi connectivity index (χ0n) is 14.9. The number of hydrogen-bond acceptors (Lipinski definition) is 2. The van der Waals surface area contributed by atoms with Gasteiger partial charge in [-0.1, -0.05) is 50.3 Å². The molecule has 1 heterocycles. The van der Waals surface area contributed by atoms with E-state index in [0.29, 0.717) is 11.6 Å². The SMILES string of the molecule is [C-]#[N+]C1=C[C@]2(C)c3nn(C)c(-c4ccccc4)c3CC[C@H]2[C@H](C)C1O. The highest BCUT2D eigenvalue weighted by Crippen LogP contribution is 2.52. The monoisotopic (exact) mass is 333 g/mol. The third-order valence-electron chi connectivity index (χ3n) is 6.19. The van der Waals surface area contributed by atoms with Gasteiger partial charge in [-0.2, -0.15) is 5.10 Å². The molecule has 4 nitrogen and oxygen atoms in total. The first-order valence-corrected chi connectivity index (χ1v) is 8.87. The van der Waals surface area contributed by atoms with Gasteiger partial charge in [-0.15, -0.1) is 0 Å². The van der Waals surface area contributed by atoms with Crippen molar-refractivity contribution >= 4 is 0 Å². The van der Waals surface area contributed by atoms with Crippen molar-refractivity contribution < 1.29 is 5.11 Å². The van der Waals surface area contributed by atoms with Crippen LogP contribution in [0.5, 0.6) is 0 Å². The molecule has 25 heavy (non-hydrogen) atoms. The third kappa shape index (κ3) is 2.19. The van der Waals surface area contributed by atoms with E-state index >= 15 is 0 Å². The third-order valence-corrected chi connectivity index (χ3v) is 6.19. The summed E-state index contributed by atoms with van der Waals surface area (Å²) < 4.78 is 1.98. The van der Waals surface area contributed by atoms with Gasteiger partial charge in [0.15, 0.2) is 5.70 Å². The summed E-state index contributed by atoms with van der Waals surface area (Å²) in [4.78, 5) is 3.60. The van der Waals surface area contributed by atoms with E-state index in [-0.39, 0.29) is 11.3 Å². The minimum absolute atomic E-state index is 0.0643. The van der Waals surface area contributed by atoms with Crippen LogP contribution in [-0.2, 0) is 18.9 Å². The first-order chi connectivity index (χ1) is 12.0. The summed E-state index contributed by atoms with van der Waals surface area (Å²) >= 11 is 0. The Labute approximate surface area is 148 Å². The number of fused-ring (bicyclic) bond motifs is 3. The molecule has 0 amide bonds. The number of rotatable bonds is 1. The van der Waals surface area contributed by atoms with Gasteiger partial charge in [0.05, 0.1) is 24.1 Å². The molecular weight excluding hydrogens is 310 g/mol. The number of aromatic nitrogens is 2. The molecule has 2 aromatic rings. The molecule has 0 radical (unpaired) electrons. The molecule has 0 fully saturated rings. The lowest BCUT2D eigenvalue weighted by Crippen LogP contribution is -2.46. The van der Waals surface area contributed by atoms with Crippen molar-refractivity contribution in [2.24, 2.45) is 18.9 Å². The lowest BCUT2D eigenvalue weighted by atomic mass is 9.58. The standard InChI is InChI=1S/C21H23N3O/c1-13-16-11-10-15-18(14-8-6-5-7-9-14)24(4)23-20(15)21(16,2)12-17(22-3)19(13)25/h5-9,12-13,16,19,25H,10-11H2,1-2,4H3/t13-,16-,19?,21-/m0/s1. The Morgan fingerprint density at radius 1 is 1.32 bits per heavy atom. The van der Waals surface area contributed by atoms with Crippen molar-refractivity contribution in [3.63, 3.8) is 0 Å². The number of aryl methyl sites for hydroxylation is 1. The molecule has 4 atom stereocenters. The fourth-order valence-corrected chi connectivity index (χ4v) is 4.93. The molecule has 1 N–H and O–H groups in total. The van der Waals surface area contributed by atoms with Gasteiger partial charge in [0.25, 0.3) is 0 Å². The Morgan fingerprint density at radius 3 is 2.72 bits per heavy atom. The molecule has 0 bridgehead atoms. The molecular formula is C21H23N3O. The number of aliphatic hydroxyl groups is 1. The largest absolute Gasteiger partial charge is 0.399 e. The smallest absolute Gasteiger partial charge is 0.190 e. The van der Waals surface area contributed by atoms with Crippen LogP contribution in [0.25, 0.3) is 16.1 Å². The van der Waals surface area contributed by atoms with Crippen LogP contribution in [0.3, 0.4) is 0 Å². The molecule has 0 saturated carbocycles. The number of aliphatic hydroxyl groups excluding tert-OH is 1. The van der Waals surface area contributed by atoms with Crippen molar-refractivity contribution in [3.8, 4) is 11.3 Å². The Hall–Kier alpha value is -2.38. The maximum atomic E-state index is 10.5. The Bertz CT molecular complexity index is 890. The zero-order chi connectivity index (χ0) is 17.8. The molecule has 0 spiro atoms. The van der Waals surface area contributed by atoms with Gasteiger partial charge in [-0.25, -0.2) is 4.85 Å². The molecule has 4 heteroatoms. The zero-order valence-corrected chi connectivity index (χ0v) is 14.9. The van der Waals surface area contributed by atoms with E-state index in [4.69, 9.17) is 11.7 Å². The maximum Gasteiger partial charge on any atom is 0.190 e. The molecule has 0 saturated heterocycles. The molecule has 1 aromatic carbocycles. The summed E-state index contributed by atoms with van der Waals surface area (Å²) in [7, 11) is 2.00. The van der Waals surface area contributed by atoms with Gasteiger partial charge in [-0.05, 0) is 24.7 Å². The number of nitrogens with zero attached hydrogens (tertiary/aromatic N) is 3. The average Bonchev–Trinajstić information content (AvgIpc) is 2.96. The van der Waals surface area contributed by atoms with E-state index in [1.807, 2.05) is 23.9 Å². The van der Waals surface area contributed by atoms with E-state index in [1.54, 1.807) is 0 Å². The minimum atomic E-state index is -0.658. The first-order valence-electron chi connectivity index (χ1n) is 8.87. The van der Waals surface area contributed by atoms with Crippen molar-refractivity contribution in [3.05, 3.63) is 64.8 Å². The predicted molar refractivity (Wildman–Crippen MR) is 97.7 cm³/mol. The van der Waals surface area contributed by atoms with Crippen LogP contribution in [0.1, 0.15) is 31.5 Å². The van der Waals surface area contributed by atoms with Gasteiger partial charge >= 0.3 is 0 Å². The fraction of sp³-hybridized carbons (Fsp3) is 0.429. The summed E-state index contributed by atoms with van der Waals surface area (Å²) in [5.41, 5.74) is 4.88. The number of benzene rings is 1. The summed E-state index contributed by atoms with van der Waals surface area (Å²) in [5, 5.41) is 15.4. The second kappa shape index (κ2) is 5.57. The number of allylic oxidation sites excluding steroid dienone is 1. The molecule has 1 unspecified atom stereocenters. The lowest BCUT2D eigenvalue weighted by Gasteiger charge is -2.47. The molecule has 2 aliphatic carbocycles. The van der Waals surface area contributed by atoms with Crippen LogP contribution < -0.4 is 0 Å². The van der Waals surface area contributed by atoms with Crippen LogP contribution >= 0.6 is 0 Å². The van der Waals surface area contributed by atoms with Gasteiger partial charge in [0.1, 0.15) is 0 Å². The summed E-state index contributed by atoms with van der Waals surface area (Å²) in [6, 6.07) is 10.4. The van der Waals surface area contributed by atoms with Gasteiger partial charge in [0, 0.05) is 23.6 Å². The molecule has 4 rings (SSSR count). The molecule has 0 aliphatic heterocycles. The van der Waals surface area contributed by atoms with Gasteiger partial charge in [-0.3, -0.25) is 4.68 Å². The van der Waals surface area contributed by atoms with E-state index in [9.17, 15) is 5.11 Å². The van der Waals surface area contributed by atoms with Crippen molar-refractivity contribution in [1.29, 1.82) is 0 Å². The Morgan fingerprint density at radius 2 is 2.04 bits per heavy atom. The van der Waals surface area contributed by atoms with Crippen LogP contribution in [0, 0.1) is 18.4 Å². The van der Waals surface area contributed by atoms with Crippen molar-refractivity contribution in [1.82, 2.24) is 9.78 Å². The highest BCUT2D eigenvalue weighted by Gasteiger charge is 2.50. The lowest BCUT2D eigenvalue weighted by molar-refractivity contribution is 0.0661. The molecule has 128 valence electrons. The summed E-state index contributed by atoms with van der Waals surface area (Å²) in [5.74, 6) is 0.369.